The normalized spacial score (nSPS) is 19.5. The van der Waals surface area contributed by atoms with E-state index >= 15 is 0 Å². The lowest BCUT2D eigenvalue weighted by Crippen LogP contribution is -2.30. The van der Waals surface area contributed by atoms with Gasteiger partial charge in [0.15, 0.2) is 0 Å². The molecule has 0 bridgehead atoms. The molecule has 16 heavy (non-hydrogen) atoms. The highest BCUT2D eigenvalue weighted by molar-refractivity contribution is 6.35. The molecule has 1 aliphatic heterocycles. The highest BCUT2D eigenvalue weighted by Gasteiger charge is 2.14. The second-order valence-electron chi connectivity index (χ2n) is 3.77. The summed E-state index contributed by atoms with van der Waals surface area (Å²) in [7, 11) is 0. The Labute approximate surface area is 112 Å². The molecule has 1 unspecified atom stereocenters. The minimum Gasteiger partial charge on any atom is -0.315 e. The third-order valence-corrected chi connectivity index (χ3v) is 3.40. The van der Waals surface area contributed by atoms with Crippen LogP contribution in [0.4, 0.5) is 0 Å². The van der Waals surface area contributed by atoms with E-state index in [9.17, 15) is 0 Å². The van der Waals surface area contributed by atoms with E-state index in [1.807, 2.05) is 18.2 Å². The Hall–Kier alpha value is 0.01000. The number of hydrogen-bond acceptors (Lipinski definition) is 2. The largest absolute Gasteiger partial charge is 0.315 e. The smallest absolute Gasteiger partial charge is 0.0465 e. The first kappa shape index (κ1) is 14.1. The third kappa shape index (κ3) is 3.51. The van der Waals surface area contributed by atoms with E-state index in [1.54, 1.807) is 0 Å². The van der Waals surface area contributed by atoms with Crippen molar-refractivity contribution in [2.24, 2.45) is 0 Å². The summed E-state index contributed by atoms with van der Waals surface area (Å²) >= 11 is 12.1. The number of nitrogens with one attached hydrogen (secondary N) is 2. The van der Waals surface area contributed by atoms with Gasteiger partial charge in [-0.05, 0) is 25.1 Å². The first-order valence-corrected chi connectivity index (χ1v) is 5.90. The van der Waals surface area contributed by atoms with E-state index in [2.05, 4.69) is 10.6 Å². The van der Waals surface area contributed by atoms with Crippen LogP contribution in [0.15, 0.2) is 18.2 Å². The molecule has 0 radical (unpaired) electrons. The lowest BCUT2D eigenvalue weighted by molar-refractivity contribution is 0.547. The molecule has 2 nitrogen and oxygen atoms in total. The molecular formula is C11H15Cl3N2. The second-order valence-corrected chi connectivity index (χ2v) is 4.59. The summed E-state index contributed by atoms with van der Waals surface area (Å²) in [5.41, 5.74) is 0.993. The first-order chi connectivity index (χ1) is 7.27. The highest BCUT2D eigenvalue weighted by Crippen LogP contribution is 2.24. The van der Waals surface area contributed by atoms with E-state index in [4.69, 9.17) is 23.2 Å². The van der Waals surface area contributed by atoms with Gasteiger partial charge in [-0.2, -0.15) is 0 Å². The van der Waals surface area contributed by atoms with Gasteiger partial charge in [0.05, 0.1) is 0 Å². The van der Waals surface area contributed by atoms with Crippen molar-refractivity contribution < 1.29 is 0 Å². The number of rotatable bonds is 3. The van der Waals surface area contributed by atoms with Gasteiger partial charge in [0.2, 0.25) is 0 Å². The van der Waals surface area contributed by atoms with Gasteiger partial charge in [-0.25, -0.2) is 0 Å². The van der Waals surface area contributed by atoms with Gasteiger partial charge in [0.25, 0.3) is 0 Å². The molecular weight excluding hydrogens is 266 g/mol. The molecule has 1 fully saturated rings. The fraction of sp³-hybridized carbons (Fsp3) is 0.455. The van der Waals surface area contributed by atoms with Gasteiger partial charge in [-0.15, -0.1) is 12.4 Å². The van der Waals surface area contributed by atoms with Crippen molar-refractivity contribution in [3.05, 3.63) is 33.8 Å². The van der Waals surface area contributed by atoms with Crippen molar-refractivity contribution >= 4 is 35.6 Å². The van der Waals surface area contributed by atoms with Gasteiger partial charge in [0.1, 0.15) is 0 Å². The van der Waals surface area contributed by atoms with Gasteiger partial charge in [-0.3, -0.25) is 0 Å². The van der Waals surface area contributed by atoms with Crippen LogP contribution in [-0.2, 0) is 6.54 Å². The zero-order valence-electron chi connectivity index (χ0n) is 8.80. The van der Waals surface area contributed by atoms with Crippen LogP contribution < -0.4 is 10.6 Å². The summed E-state index contributed by atoms with van der Waals surface area (Å²) in [6.45, 7) is 2.86. The maximum atomic E-state index is 6.07. The van der Waals surface area contributed by atoms with Crippen molar-refractivity contribution in [1.82, 2.24) is 10.6 Å². The summed E-state index contributed by atoms with van der Waals surface area (Å²) in [5.74, 6) is 0. The van der Waals surface area contributed by atoms with Crippen molar-refractivity contribution in [1.29, 1.82) is 0 Å². The molecule has 90 valence electrons. The maximum absolute atomic E-state index is 6.07. The summed E-state index contributed by atoms with van der Waals surface area (Å²) in [5, 5.41) is 8.23. The van der Waals surface area contributed by atoms with Gasteiger partial charge in [-0.1, -0.05) is 29.3 Å². The average molecular weight is 282 g/mol. The van der Waals surface area contributed by atoms with Crippen molar-refractivity contribution in [2.45, 2.75) is 19.0 Å². The summed E-state index contributed by atoms with van der Waals surface area (Å²) < 4.78 is 0. The minimum absolute atomic E-state index is 0. The highest BCUT2D eigenvalue weighted by atomic mass is 35.5. The molecule has 0 aliphatic carbocycles. The van der Waals surface area contributed by atoms with Crippen LogP contribution in [0.25, 0.3) is 0 Å². The molecule has 0 aromatic heterocycles. The molecule has 0 spiro atoms. The summed E-state index contributed by atoms with van der Waals surface area (Å²) in [4.78, 5) is 0. The van der Waals surface area contributed by atoms with Gasteiger partial charge < -0.3 is 10.6 Å². The number of hydrogen-bond donors (Lipinski definition) is 2. The molecule has 2 N–H and O–H groups in total. The predicted molar refractivity (Wildman–Crippen MR) is 71.8 cm³/mol. The number of benzene rings is 1. The molecule has 5 heteroatoms. The Kier molecular flexibility index (Phi) is 5.87. The molecule has 1 aromatic carbocycles. The Bertz CT molecular complexity index is 318. The monoisotopic (exact) mass is 280 g/mol. The topological polar surface area (TPSA) is 24.1 Å². The Morgan fingerprint density at radius 2 is 2.00 bits per heavy atom. The SMILES string of the molecule is Cl.Clc1cccc(Cl)c1CNC1CCNC1. The Balaban J connectivity index is 0.00000128. The molecule has 1 saturated heterocycles. The van der Waals surface area contributed by atoms with Crippen molar-refractivity contribution in [3.63, 3.8) is 0 Å². The minimum atomic E-state index is 0. The van der Waals surface area contributed by atoms with Gasteiger partial charge in [0, 0.05) is 34.7 Å². The van der Waals surface area contributed by atoms with Crippen LogP contribution in [0.3, 0.4) is 0 Å². The quantitative estimate of drug-likeness (QED) is 0.890. The molecule has 0 amide bonds. The van der Waals surface area contributed by atoms with Crippen LogP contribution in [0, 0.1) is 0 Å². The summed E-state index contributed by atoms with van der Waals surface area (Å²) in [6, 6.07) is 6.15. The lowest BCUT2D eigenvalue weighted by Gasteiger charge is -2.13. The number of halogens is 3. The zero-order chi connectivity index (χ0) is 10.7. The van der Waals surface area contributed by atoms with E-state index in [0.717, 1.165) is 35.2 Å². The Morgan fingerprint density at radius 1 is 1.31 bits per heavy atom. The zero-order valence-corrected chi connectivity index (χ0v) is 11.1. The van der Waals surface area contributed by atoms with Crippen LogP contribution in [0.2, 0.25) is 10.0 Å². The third-order valence-electron chi connectivity index (χ3n) is 2.69. The van der Waals surface area contributed by atoms with Crippen molar-refractivity contribution in [3.8, 4) is 0 Å². The lowest BCUT2D eigenvalue weighted by atomic mass is 10.2. The summed E-state index contributed by atoms with van der Waals surface area (Å²) in [6.07, 6.45) is 1.17. The van der Waals surface area contributed by atoms with Gasteiger partial charge >= 0.3 is 0 Å². The van der Waals surface area contributed by atoms with Crippen LogP contribution in [0.1, 0.15) is 12.0 Å². The fourth-order valence-corrected chi connectivity index (χ4v) is 2.31. The van der Waals surface area contributed by atoms with Crippen LogP contribution in [-0.4, -0.2) is 19.1 Å². The fourth-order valence-electron chi connectivity index (χ4n) is 1.78. The van der Waals surface area contributed by atoms with E-state index in [-0.39, 0.29) is 12.4 Å². The molecule has 1 heterocycles. The Morgan fingerprint density at radius 3 is 2.56 bits per heavy atom. The second kappa shape index (κ2) is 6.67. The first-order valence-electron chi connectivity index (χ1n) is 5.14. The van der Waals surface area contributed by atoms with E-state index < -0.39 is 0 Å². The van der Waals surface area contributed by atoms with E-state index in [1.165, 1.54) is 6.42 Å². The van der Waals surface area contributed by atoms with E-state index in [0.29, 0.717) is 6.04 Å². The molecule has 1 aromatic rings. The average Bonchev–Trinajstić information content (AvgIpc) is 2.70. The maximum Gasteiger partial charge on any atom is 0.0465 e. The van der Waals surface area contributed by atoms with Crippen molar-refractivity contribution in [2.75, 3.05) is 13.1 Å². The standard InChI is InChI=1S/C11H14Cl2N2.ClH/c12-10-2-1-3-11(13)9(10)7-15-8-4-5-14-6-8;/h1-3,8,14-15H,4-7H2;1H. The van der Waals surface area contributed by atoms with Crippen LogP contribution in [0.5, 0.6) is 0 Å². The molecule has 1 atom stereocenters. The molecule has 0 saturated carbocycles. The van der Waals surface area contributed by atoms with Crippen LogP contribution >= 0.6 is 35.6 Å². The molecule has 1 aliphatic rings. The molecule has 2 rings (SSSR count). The predicted octanol–water partition coefficient (Wildman–Crippen LogP) is 2.87.